The molecule has 0 atom stereocenters. The summed E-state index contributed by atoms with van der Waals surface area (Å²) in [6.07, 6.45) is 4.20. The number of rotatable bonds is 7. The van der Waals surface area contributed by atoms with Crippen LogP contribution < -0.4 is 9.80 Å². The van der Waals surface area contributed by atoms with Crippen molar-refractivity contribution < 1.29 is 8.78 Å². The molecule has 0 unspecified atom stereocenters. The lowest BCUT2D eigenvalue weighted by atomic mass is 10.1. The van der Waals surface area contributed by atoms with Crippen LogP contribution >= 0.6 is 0 Å². The summed E-state index contributed by atoms with van der Waals surface area (Å²) < 4.78 is 29.2. The van der Waals surface area contributed by atoms with Gasteiger partial charge in [0.2, 0.25) is 0 Å². The highest BCUT2D eigenvalue weighted by atomic mass is 19.2. The van der Waals surface area contributed by atoms with Gasteiger partial charge in [0.25, 0.3) is 0 Å². The summed E-state index contributed by atoms with van der Waals surface area (Å²) in [4.78, 5) is 21.0. The highest BCUT2D eigenvalue weighted by Gasteiger charge is 2.25. The van der Waals surface area contributed by atoms with Crippen molar-refractivity contribution in [1.29, 1.82) is 0 Å². The Bertz CT molecular complexity index is 1610. The van der Waals surface area contributed by atoms with Crippen molar-refractivity contribution in [2.24, 2.45) is 0 Å². The molecule has 7 nitrogen and oxygen atoms in total. The van der Waals surface area contributed by atoms with Crippen LogP contribution in [0.2, 0.25) is 0 Å². The lowest BCUT2D eigenvalue weighted by molar-refractivity contribution is 0.260. The zero-order valence-electron chi connectivity index (χ0n) is 22.2. The summed E-state index contributed by atoms with van der Waals surface area (Å²) in [7, 11) is 4.01. The van der Waals surface area contributed by atoms with E-state index in [1.807, 2.05) is 31.3 Å². The first-order valence-corrected chi connectivity index (χ1v) is 13.2. The zero-order chi connectivity index (χ0) is 26.9. The quantitative estimate of drug-likeness (QED) is 0.305. The van der Waals surface area contributed by atoms with Gasteiger partial charge in [0.15, 0.2) is 17.5 Å². The molecule has 1 aliphatic heterocycles. The number of hydrogen-bond acceptors (Lipinski definition) is 6. The average molecular weight is 528 g/mol. The number of fused-ring (bicyclic) bond motifs is 3. The topological polar surface area (TPSA) is 53.3 Å². The van der Waals surface area contributed by atoms with Crippen LogP contribution in [0.25, 0.3) is 21.9 Å². The molecule has 0 amide bonds. The van der Waals surface area contributed by atoms with Crippen LogP contribution in [0.1, 0.15) is 11.1 Å². The van der Waals surface area contributed by atoms with Crippen LogP contribution in [0.15, 0.2) is 67.1 Å². The standard InChI is InChI=1S/C30H31F2N7/c1-36(2)29-26-25(10-12-33-29)39(19-22-6-4-3-5-7-22)28-27(26)34-20-35-30(28)38-16-14-37(15-17-38)13-11-21-8-9-23(31)24(32)18-21/h3-10,12,18,20H,11,13-17,19H2,1-2H3. The highest BCUT2D eigenvalue weighted by molar-refractivity contribution is 6.13. The smallest absolute Gasteiger partial charge is 0.159 e. The van der Waals surface area contributed by atoms with E-state index in [-0.39, 0.29) is 0 Å². The second-order valence-electron chi connectivity index (χ2n) is 10.2. The Morgan fingerprint density at radius 2 is 1.64 bits per heavy atom. The maximum atomic E-state index is 13.6. The molecule has 0 aliphatic carbocycles. The lowest BCUT2D eigenvalue weighted by Gasteiger charge is -2.35. The average Bonchev–Trinajstić information content (AvgIpc) is 3.28. The van der Waals surface area contributed by atoms with Gasteiger partial charge in [-0.3, -0.25) is 4.90 Å². The van der Waals surface area contributed by atoms with E-state index < -0.39 is 11.6 Å². The van der Waals surface area contributed by atoms with Gasteiger partial charge < -0.3 is 14.4 Å². The van der Waals surface area contributed by atoms with Gasteiger partial charge >= 0.3 is 0 Å². The van der Waals surface area contributed by atoms with Crippen molar-refractivity contribution in [3.63, 3.8) is 0 Å². The number of hydrogen-bond donors (Lipinski definition) is 0. The normalized spacial score (nSPS) is 14.4. The predicted molar refractivity (Wildman–Crippen MR) is 151 cm³/mol. The molecule has 0 spiro atoms. The van der Waals surface area contributed by atoms with Gasteiger partial charge in [-0.1, -0.05) is 36.4 Å². The number of aromatic nitrogens is 4. The number of nitrogens with zero attached hydrogens (tertiary/aromatic N) is 7. The Balaban J connectivity index is 1.31. The van der Waals surface area contributed by atoms with Crippen LogP contribution in [0, 0.1) is 11.6 Å². The molecule has 0 bridgehead atoms. The summed E-state index contributed by atoms with van der Waals surface area (Å²) in [6, 6.07) is 16.7. The highest BCUT2D eigenvalue weighted by Crippen LogP contribution is 2.37. The van der Waals surface area contributed by atoms with Gasteiger partial charge in [0.05, 0.1) is 10.9 Å². The molecule has 5 aromatic rings. The SMILES string of the molecule is CN(C)c1nccc2c1c1ncnc(N3CCN(CCc4ccc(F)c(F)c4)CC3)c1n2Cc1ccccc1. The molecule has 2 aromatic carbocycles. The first kappa shape index (κ1) is 25.2. The second kappa shape index (κ2) is 10.6. The van der Waals surface area contributed by atoms with E-state index >= 15 is 0 Å². The Hall–Kier alpha value is -4.11. The lowest BCUT2D eigenvalue weighted by Crippen LogP contribution is -2.47. The minimum Gasteiger partial charge on any atom is -0.362 e. The van der Waals surface area contributed by atoms with Crippen LogP contribution in [-0.4, -0.2) is 71.2 Å². The molecule has 39 heavy (non-hydrogen) atoms. The minimum absolute atomic E-state index is 0.681. The molecular weight excluding hydrogens is 496 g/mol. The fourth-order valence-corrected chi connectivity index (χ4v) is 5.48. The van der Waals surface area contributed by atoms with E-state index in [4.69, 9.17) is 9.97 Å². The van der Waals surface area contributed by atoms with Crippen molar-refractivity contribution in [2.75, 3.05) is 56.6 Å². The van der Waals surface area contributed by atoms with Crippen molar-refractivity contribution >= 4 is 33.6 Å². The maximum absolute atomic E-state index is 13.6. The van der Waals surface area contributed by atoms with E-state index in [0.29, 0.717) is 13.0 Å². The van der Waals surface area contributed by atoms with Crippen LogP contribution in [0.4, 0.5) is 20.4 Å². The zero-order valence-corrected chi connectivity index (χ0v) is 22.2. The van der Waals surface area contributed by atoms with E-state index in [0.717, 1.165) is 71.9 Å². The molecule has 0 N–H and O–H groups in total. The third-order valence-electron chi connectivity index (χ3n) is 7.49. The Kier molecular flexibility index (Phi) is 6.83. The Morgan fingerprint density at radius 1 is 0.846 bits per heavy atom. The molecule has 9 heteroatoms. The molecular formula is C30H31F2N7. The summed E-state index contributed by atoms with van der Waals surface area (Å²) >= 11 is 0. The maximum Gasteiger partial charge on any atom is 0.159 e. The van der Waals surface area contributed by atoms with E-state index in [1.54, 1.807) is 12.4 Å². The predicted octanol–water partition coefficient (Wildman–Crippen LogP) is 4.74. The summed E-state index contributed by atoms with van der Waals surface area (Å²) in [5.74, 6) is 0.221. The van der Waals surface area contributed by atoms with Crippen molar-refractivity contribution in [3.8, 4) is 0 Å². The first-order valence-electron chi connectivity index (χ1n) is 13.2. The number of anilines is 2. The van der Waals surface area contributed by atoms with E-state index in [2.05, 4.69) is 49.7 Å². The molecule has 200 valence electrons. The van der Waals surface area contributed by atoms with Crippen molar-refractivity contribution in [3.05, 3.63) is 89.9 Å². The Morgan fingerprint density at radius 3 is 2.38 bits per heavy atom. The molecule has 1 fully saturated rings. The Labute approximate surface area is 226 Å². The fraction of sp³-hybridized carbons (Fsp3) is 0.300. The van der Waals surface area contributed by atoms with Crippen LogP contribution in [-0.2, 0) is 13.0 Å². The van der Waals surface area contributed by atoms with Gasteiger partial charge in [-0.05, 0) is 35.7 Å². The summed E-state index contributed by atoms with van der Waals surface area (Å²) in [5.41, 5.74) is 5.02. The molecule has 3 aromatic heterocycles. The third-order valence-corrected chi connectivity index (χ3v) is 7.49. The number of benzene rings is 2. The van der Waals surface area contributed by atoms with Gasteiger partial charge in [0.1, 0.15) is 23.2 Å². The third kappa shape index (κ3) is 4.90. The molecule has 1 saturated heterocycles. The number of pyridine rings is 1. The first-order chi connectivity index (χ1) is 19.0. The summed E-state index contributed by atoms with van der Waals surface area (Å²) in [5, 5.41) is 1.03. The largest absolute Gasteiger partial charge is 0.362 e. The molecule has 4 heterocycles. The number of halogens is 2. The van der Waals surface area contributed by atoms with Crippen LogP contribution in [0.5, 0.6) is 0 Å². The van der Waals surface area contributed by atoms with Gasteiger partial charge in [-0.2, -0.15) is 0 Å². The molecule has 0 radical (unpaired) electrons. The minimum atomic E-state index is -0.804. The van der Waals surface area contributed by atoms with Gasteiger partial charge in [-0.15, -0.1) is 0 Å². The van der Waals surface area contributed by atoms with Gasteiger partial charge in [-0.25, -0.2) is 23.7 Å². The molecule has 6 rings (SSSR count). The van der Waals surface area contributed by atoms with Crippen LogP contribution in [0.3, 0.4) is 0 Å². The van der Waals surface area contributed by atoms with Crippen molar-refractivity contribution in [2.45, 2.75) is 13.0 Å². The number of piperazine rings is 1. The monoisotopic (exact) mass is 527 g/mol. The van der Waals surface area contributed by atoms with E-state index in [9.17, 15) is 8.78 Å². The molecule has 1 aliphatic rings. The van der Waals surface area contributed by atoms with Crippen molar-refractivity contribution in [1.82, 2.24) is 24.4 Å². The second-order valence-corrected chi connectivity index (χ2v) is 10.2. The molecule has 0 saturated carbocycles. The van der Waals surface area contributed by atoms with Gasteiger partial charge in [0, 0.05) is 59.6 Å². The fourth-order valence-electron chi connectivity index (χ4n) is 5.48. The van der Waals surface area contributed by atoms with E-state index in [1.165, 1.54) is 17.7 Å². The summed E-state index contributed by atoms with van der Waals surface area (Å²) in [6.45, 7) is 4.85.